The molecule has 0 aromatic carbocycles. The molecule has 1 N–H and O–H groups in total. The molecule has 0 aliphatic heterocycles. The summed E-state index contributed by atoms with van der Waals surface area (Å²) < 4.78 is 0. The molecule has 1 rings (SSSR count). The lowest BCUT2D eigenvalue weighted by Crippen LogP contribution is -2.02. The van der Waals surface area contributed by atoms with Crippen LogP contribution in [-0.4, -0.2) is 29.2 Å². The topological polar surface area (TPSA) is 55.7 Å². The van der Waals surface area contributed by atoms with Crippen LogP contribution in [0.4, 0.5) is 0 Å². The highest BCUT2D eigenvalue weighted by Crippen LogP contribution is 2.14. The summed E-state index contributed by atoms with van der Waals surface area (Å²) in [5, 5.41) is 15.6. The second kappa shape index (κ2) is 3.76. The predicted octanol–water partition coefficient (Wildman–Crippen LogP) is 1.14. The minimum absolute atomic E-state index is 0.573. The van der Waals surface area contributed by atoms with Crippen LogP contribution in [0, 0.1) is 18.3 Å². The number of hydrogen-bond acceptors (Lipinski definition) is 3. The maximum atomic E-state index is 8.87. The van der Waals surface area contributed by atoms with Crippen molar-refractivity contribution < 1.29 is 0 Å². The molecule has 0 amide bonds. The number of hydrogen-bond donors (Lipinski definition) is 1. The minimum atomic E-state index is 0.573. The molecule has 0 saturated carbocycles. The van der Waals surface area contributed by atoms with E-state index >= 15 is 0 Å². The predicted molar refractivity (Wildman–Crippen MR) is 50.6 cm³/mol. The lowest BCUT2D eigenvalue weighted by atomic mass is 10.1. The van der Waals surface area contributed by atoms with Gasteiger partial charge in [-0.3, -0.25) is 5.10 Å². The molecule has 0 spiro atoms. The highest BCUT2D eigenvalue weighted by atomic mass is 15.1. The van der Waals surface area contributed by atoms with Crippen LogP contribution in [0.2, 0.25) is 0 Å². The Morgan fingerprint density at radius 3 is 2.77 bits per heavy atom. The zero-order chi connectivity index (χ0) is 9.84. The third kappa shape index (κ3) is 2.09. The molecule has 1 heterocycles. The number of H-pyrrole nitrogens is 1. The first-order chi connectivity index (χ1) is 6.15. The molecule has 0 fully saturated rings. The number of nitrogens with zero attached hydrogens (tertiary/aromatic N) is 3. The fourth-order valence-electron chi connectivity index (χ4n) is 1.02. The molecule has 4 heteroatoms. The Hall–Kier alpha value is -1.76. The van der Waals surface area contributed by atoms with Crippen LogP contribution < -0.4 is 0 Å². The summed E-state index contributed by atoms with van der Waals surface area (Å²) in [7, 11) is 3.75. The van der Waals surface area contributed by atoms with Gasteiger partial charge in [0.15, 0.2) is 0 Å². The van der Waals surface area contributed by atoms with Crippen molar-refractivity contribution in [1.82, 2.24) is 15.1 Å². The largest absolute Gasteiger partial charge is 0.382 e. The standard InChI is InChI=1S/C9H12N4/c1-7-5-11-12-9(7)8(4-10)6-13(2)3/h5-6H,1-3H3,(H,11,12)/b8-6-. The maximum Gasteiger partial charge on any atom is 0.107 e. The third-order valence-corrected chi connectivity index (χ3v) is 1.59. The van der Waals surface area contributed by atoms with Crippen molar-refractivity contribution >= 4 is 5.57 Å². The number of rotatable bonds is 2. The smallest absolute Gasteiger partial charge is 0.107 e. The van der Waals surface area contributed by atoms with Crippen molar-refractivity contribution in [3.63, 3.8) is 0 Å². The van der Waals surface area contributed by atoms with Gasteiger partial charge in [-0.15, -0.1) is 0 Å². The lowest BCUT2D eigenvalue weighted by molar-refractivity contribution is 0.566. The van der Waals surface area contributed by atoms with Gasteiger partial charge in [-0.05, 0) is 12.5 Å². The van der Waals surface area contributed by atoms with E-state index in [0.29, 0.717) is 5.57 Å². The van der Waals surface area contributed by atoms with Crippen LogP contribution >= 0.6 is 0 Å². The second-order valence-corrected chi connectivity index (χ2v) is 3.04. The van der Waals surface area contributed by atoms with E-state index < -0.39 is 0 Å². The van der Waals surface area contributed by atoms with Gasteiger partial charge in [0.25, 0.3) is 0 Å². The second-order valence-electron chi connectivity index (χ2n) is 3.04. The Balaban J connectivity index is 3.07. The Bertz CT molecular complexity index is 354. The first-order valence-electron chi connectivity index (χ1n) is 3.94. The summed E-state index contributed by atoms with van der Waals surface area (Å²) in [5.41, 5.74) is 2.27. The number of nitrogens with one attached hydrogen (secondary N) is 1. The molecule has 1 aromatic rings. The molecule has 13 heavy (non-hydrogen) atoms. The average molecular weight is 176 g/mol. The van der Waals surface area contributed by atoms with Crippen molar-refractivity contribution in [2.24, 2.45) is 0 Å². The summed E-state index contributed by atoms with van der Waals surface area (Å²) in [4.78, 5) is 1.83. The Labute approximate surface area is 77.5 Å². The zero-order valence-electron chi connectivity index (χ0n) is 8.00. The number of nitriles is 1. The number of aryl methyl sites for hydroxylation is 1. The van der Waals surface area contributed by atoms with E-state index in [4.69, 9.17) is 5.26 Å². The van der Waals surface area contributed by atoms with E-state index in [9.17, 15) is 0 Å². The Kier molecular flexibility index (Phi) is 2.70. The van der Waals surface area contributed by atoms with Crippen LogP contribution in [0.5, 0.6) is 0 Å². The molecule has 0 radical (unpaired) electrons. The summed E-state index contributed by atoms with van der Waals surface area (Å²) in [5.74, 6) is 0. The highest BCUT2D eigenvalue weighted by molar-refractivity contribution is 5.75. The molecule has 0 saturated heterocycles. The van der Waals surface area contributed by atoms with Crippen LogP contribution in [0.25, 0.3) is 5.57 Å². The van der Waals surface area contributed by atoms with Gasteiger partial charge in [-0.1, -0.05) is 0 Å². The van der Waals surface area contributed by atoms with Crippen LogP contribution in [0.3, 0.4) is 0 Å². The highest BCUT2D eigenvalue weighted by Gasteiger charge is 2.06. The molecule has 1 aromatic heterocycles. The fourth-order valence-corrected chi connectivity index (χ4v) is 1.02. The number of allylic oxidation sites excluding steroid dienone is 1. The molecule has 0 atom stereocenters. The van der Waals surface area contributed by atoms with Crippen LogP contribution in [0.1, 0.15) is 11.3 Å². The quantitative estimate of drug-likeness (QED) is 0.687. The van der Waals surface area contributed by atoms with Crippen LogP contribution in [0.15, 0.2) is 12.4 Å². The Morgan fingerprint density at radius 1 is 1.69 bits per heavy atom. The summed E-state index contributed by atoms with van der Waals surface area (Å²) >= 11 is 0. The normalized spacial score (nSPS) is 11.1. The molecule has 68 valence electrons. The van der Waals surface area contributed by atoms with E-state index in [1.807, 2.05) is 25.9 Å². The van der Waals surface area contributed by atoms with Gasteiger partial charge < -0.3 is 4.90 Å². The molecule has 0 unspecified atom stereocenters. The van der Waals surface area contributed by atoms with E-state index in [0.717, 1.165) is 11.3 Å². The van der Waals surface area contributed by atoms with E-state index in [1.165, 1.54) is 0 Å². The van der Waals surface area contributed by atoms with Gasteiger partial charge in [-0.2, -0.15) is 10.4 Å². The van der Waals surface area contributed by atoms with Gasteiger partial charge in [0.1, 0.15) is 11.8 Å². The third-order valence-electron chi connectivity index (χ3n) is 1.59. The molecule has 4 nitrogen and oxygen atoms in total. The van der Waals surface area contributed by atoms with Gasteiger partial charge in [0, 0.05) is 26.5 Å². The van der Waals surface area contributed by atoms with Crippen molar-refractivity contribution in [1.29, 1.82) is 5.26 Å². The summed E-state index contributed by atoms with van der Waals surface area (Å²) in [6.07, 6.45) is 3.53. The average Bonchev–Trinajstić information content (AvgIpc) is 2.47. The lowest BCUT2D eigenvalue weighted by Gasteiger charge is -2.04. The fraction of sp³-hybridized carbons (Fsp3) is 0.333. The monoisotopic (exact) mass is 176 g/mol. The van der Waals surface area contributed by atoms with Gasteiger partial charge in [0.2, 0.25) is 0 Å². The van der Waals surface area contributed by atoms with E-state index in [1.54, 1.807) is 12.4 Å². The summed E-state index contributed by atoms with van der Waals surface area (Å²) in [6, 6.07) is 2.11. The zero-order valence-corrected chi connectivity index (χ0v) is 8.00. The molecular weight excluding hydrogens is 164 g/mol. The first kappa shape index (κ1) is 9.33. The van der Waals surface area contributed by atoms with Gasteiger partial charge in [0.05, 0.1) is 5.57 Å². The summed E-state index contributed by atoms with van der Waals surface area (Å²) in [6.45, 7) is 1.92. The molecule has 0 bridgehead atoms. The number of aromatic nitrogens is 2. The molecule has 0 aliphatic carbocycles. The van der Waals surface area contributed by atoms with Gasteiger partial charge in [-0.25, -0.2) is 0 Å². The first-order valence-corrected chi connectivity index (χ1v) is 3.94. The van der Waals surface area contributed by atoms with Gasteiger partial charge >= 0.3 is 0 Å². The van der Waals surface area contributed by atoms with Crippen LogP contribution in [-0.2, 0) is 0 Å². The van der Waals surface area contributed by atoms with E-state index in [-0.39, 0.29) is 0 Å². The molecular formula is C9H12N4. The van der Waals surface area contributed by atoms with Crippen molar-refractivity contribution in [3.05, 3.63) is 23.7 Å². The maximum absolute atomic E-state index is 8.87. The van der Waals surface area contributed by atoms with Crippen molar-refractivity contribution in [2.45, 2.75) is 6.92 Å². The SMILES string of the molecule is Cc1c[nH]nc1/C(C#N)=C\N(C)C. The minimum Gasteiger partial charge on any atom is -0.382 e. The molecule has 0 aliphatic rings. The van der Waals surface area contributed by atoms with E-state index in [2.05, 4.69) is 16.3 Å². The van der Waals surface area contributed by atoms with Crippen molar-refractivity contribution in [2.75, 3.05) is 14.1 Å². The Morgan fingerprint density at radius 2 is 2.38 bits per heavy atom. The van der Waals surface area contributed by atoms with Crippen molar-refractivity contribution in [3.8, 4) is 6.07 Å². The number of aromatic amines is 1.